The van der Waals surface area contributed by atoms with Crippen LogP contribution in [-0.4, -0.2) is 26.9 Å². The van der Waals surface area contributed by atoms with E-state index in [1.165, 1.54) is 0 Å². The predicted octanol–water partition coefficient (Wildman–Crippen LogP) is 3.20. The molecule has 0 unspecified atom stereocenters. The van der Waals surface area contributed by atoms with Gasteiger partial charge in [0.15, 0.2) is 0 Å². The second-order valence-corrected chi connectivity index (χ2v) is 4.38. The van der Waals surface area contributed by atoms with Crippen molar-refractivity contribution in [2.75, 3.05) is 0 Å². The highest BCUT2D eigenvalue weighted by molar-refractivity contribution is 6.15. The lowest BCUT2D eigenvalue weighted by Gasteiger charge is -1.97. The summed E-state index contributed by atoms with van der Waals surface area (Å²) in [7, 11) is 0. The van der Waals surface area contributed by atoms with Gasteiger partial charge in [-0.2, -0.15) is 0 Å². The van der Waals surface area contributed by atoms with Crippen molar-refractivity contribution in [2.24, 2.45) is 0 Å². The zero-order valence-corrected chi connectivity index (χ0v) is 13.0. The maximum absolute atomic E-state index is 10.7. The van der Waals surface area contributed by atoms with E-state index in [1.54, 1.807) is 24.3 Å². The van der Waals surface area contributed by atoms with Crippen molar-refractivity contribution in [3.63, 3.8) is 0 Å². The number of hydrogen-bond acceptors (Lipinski definition) is 7. The van der Waals surface area contributed by atoms with E-state index < -0.39 is 38.7 Å². The summed E-state index contributed by atoms with van der Waals surface area (Å²) in [5.41, 5.74) is -2.08. The summed E-state index contributed by atoms with van der Waals surface area (Å²) in [6.45, 7) is 0. The number of halogens is 1. The van der Waals surface area contributed by atoms with Gasteiger partial charge in [-0.15, -0.1) is 0 Å². The normalized spacial score (nSPS) is 9.32. The fourth-order valence-corrected chi connectivity index (χ4v) is 1.75. The molecule has 0 saturated heterocycles. The van der Waals surface area contributed by atoms with Crippen molar-refractivity contribution in [1.29, 1.82) is 0 Å². The number of nitrogens with zero attached hydrogens (tertiary/aromatic N) is 2. The zero-order valence-electron chi connectivity index (χ0n) is 12.2. The minimum absolute atomic E-state index is 0.456. The number of nitro groups is 2. The molecule has 130 valence electrons. The highest BCUT2D eigenvalue weighted by atomic mass is 35.5. The lowest BCUT2D eigenvalue weighted by Crippen LogP contribution is -2.05. The summed E-state index contributed by atoms with van der Waals surface area (Å²) in [6, 6.07) is 11.4. The Morgan fingerprint density at radius 2 is 1.56 bits per heavy atom. The van der Waals surface area contributed by atoms with E-state index in [0.717, 1.165) is 18.2 Å². The number of aromatic carboxylic acids is 1. The average molecular weight is 369 g/mol. The minimum atomic E-state index is -1.58. The number of hydrogen-bond donors (Lipinski definition) is 1. The molecule has 0 aliphatic heterocycles. The van der Waals surface area contributed by atoms with Crippen LogP contribution in [0.15, 0.2) is 48.5 Å². The largest absolute Gasteiger partial charge is 0.477 e. The standard InChI is InChI=1S/C7H5ClO2.C7H4N2O6/c8-10-7(9)6-4-2-1-3-5-6;10-7(11)4-2-1-3-5(8(12)13)6(4)9(14)15/h1-5H;1-3H,(H,10,11). The van der Waals surface area contributed by atoms with Gasteiger partial charge in [0.25, 0.3) is 0 Å². The highest BCUT2D eigenvalue weighted by Crippen LogP contribution is 2.30. The van der Waals surface area contributed by atoms with Crippen LogP contribution in [0, 0.1) is 20.2 Å². The summed E-state index contributed by atoms with van der Waals surface area (Å²) in [5.74, 6) is -2.10. The first kappa shape index (κ1) is 19.5. The molecule has 0 bridgehead atoms. The van der Waals surface area contributed by atoms with Crippen LogP contribution in [0.2, 0.25) is 0 Å². The molecule has 0 saturated carbocycles. The predicted molar refractivity (Wildman–Crippen MR) is 84.4 cm³/mol. The lowest BCUT2D eigenvalue weighted by molar-refractivity contribution is -0.422. The number of nitro benzene ring substituents is 2. The van der Waals surface area contributed by atoms with E-state index in [4.69, 9.17) is 17.0 Å². The maximum atomic E-state index is 10.7. The van der Waals surface area contributed by atoms with E-state index in [9.17, 15) is 29.8 Å². The summed E-state index contributed by atoms with van der Waals surface area (Å²) in [6.07, 6.45) is 0. The molecule has 0 radical (unpaired) electrons. The number of benzene rings is 2. The van der Waals surface area contributed by atoms with Crippen LogP contribution in [0.5, 0.6) is 0 Å². The molecule has 0 heterocycles. The first-order chi connectivity index (χ1) is 11.8. The van der Waals surface area contributed by atoms with E-state index in [1.807, 2.05) is 6.07 Å². The topological polar surface area (TPSA) is 150 Å². The van der Waals surface area contributed by atoms with Gasteiger partial charge in [0.05, 0.1) is 15.4 Å². The van der Waals surface area contributed by atoms with Gasteiger partial charge in [-0.3, -0.25) is 20.2 Å². The van der Waals surface area contributed by atoms with Gasteiger partial charge in [-0.1, -0.05) is 24.3 Å². The molecule has 1 N–H and O–H groups in total. The Kier molecular flexibility index (Phi) is 6.98. The lowest BCUT2D eigenvalue weighted by atomic mass is 10.1. The van der Waals surface area contributed by atoms with Crippen LogP contribution in [0.4, 0.5) is 11.4 Å². The molecular weight excluding hydrogens is 360 g/mol. The number of rotatable bonds is 4. The number of carbonyl (C=O) groups is 2. The number of para-hydroxylation sites is 1. The van der Waals surface area contributed by atoms with Crippen molar-refractivity contribution in [3.05, 3.63) is 79.9 Å². The molecular formula is C14H9ClN2O8. The fraction of sp³-hybridized carbons (Fsp3) is 0. The highest BCUT2D eigenvalue weighted by Gasteiger charge is 2.31. The molecule has 11 heteroatoms. The summed E-state index contributed by atoms with van der Waals surface area (Å²) in [4.78, 5) is 40.1. The Bertz CT molecular complexity index is 777. The van der Waals surface area contributed by atoms with Crippen LogP contribution >= 0.6 is 11.9 Å². The molecule has 0 aliphatic rings. The maximum Gasteiger partial charge on any atom is 0.360 e. The van der Waals surface area contributed by atoms with Crippen LogP contribution < -0.4 is 0 Å². The molecule has 0 aromatic heterocycles. The minimum Gasteiger partial charge on any atom is -0.477 e. The molecule has 0 atom stereocenters. The van der Waals surface area contributed by atoms with Crippen molar-refractivity contribution >= 4 is 35.2 Å². The Morgan fingerprint density at radius 3 is 2.00 bits per heavy atom. The van der Waals surface area contributed by atoms with Crippen LogP contribution in [-0.2, 0) is 4.29 Å². The number of carboxylic acid groups (broad SMARTS) is 1. The summed E-state index contributed by atoms with van der Waals surface area (Å²) < 4.78 is 3.97. The van der Waals surface area contributed by atoms with Crippen molar-refractivity contribution in [1.82, 2.24) is 0 Å². The average Bonchev–Trinajstić information content (AvgIpc) is 2.61. The van der Waals surface area contributed by atoms with Crippen molar-refractivity contribution in [2.45, 2.75) is 0 Å². The second kappa shape index (κ2) is 8.93. The van der Waals surface area contributed by atoms with Crippen LogP contribution in [0.1, 0.15) is 20.7 Å². The zero-order chi connectivity index (χ0) is 19.0. The van der Waals surface area contributed by atoms with Gasteiger partial charge in [-0.05, 0) is 18.2 Å². The molecule has 0 amide bonds. The first-order valence-corrected chi connectivity index (χ1v) is 6.63. The number of carbonyl (C=O) groups excluding carboxylic acids is 1. The molecule has 0 aliphatic carbocycles. The Labute approximate surface area is 144 Å². The van der Waals surface area contributed by atoms with E-state index in [0.29, 0.717) is 5.56 Å². The van der Waals surface area contributed by atoms with Crippen LogP contribution in [0.25, 0.3) is 0 Å². The molecule has 10 nitrogen and oxygen atoms in total. The van der Waals surface area contributed by atoms with E-state index in [-0.39, 0.29) is 0 Å². The first-order valence-electron chi connectivity index (χ1n) is 6.32. The molecule has 2 rings (SSSR count). The third-order valence-electron chi connectivity index (χ3n) is 2.70. The van der Waals surface area contributed by atoms with E-state index >= 15 is 0 Å². The van der Waals surface area contributed by atoms with Gasteiger partial charge in [0.2, 0.25) is 0 Å². The van der Waals surface area contributed by atoms with Crippen molar-refractivity contribution in [3.8, 4) is 0 Å². The second-order valence-electron chi connectivity index (χ2n) is 4.22. The van der Waals surface area contributed by atoms with Gasteiger partial charge in [-0.25, -0.2) is 9.59 Å². The third kappa shape index (κ3) is 5.25. The molecule has 25 heavy (non-hydrogen) atoms. The number of carboxylic acids is 1. The van der Waals surface area contributed by atoms with Gasteiger partial charge >= 0.3 is 23.3 Å². The third-order valence-corrected chi connectivity index (χ3v) is 2.84. The SMILES string of the molecule is O=C(O)c1cccc([N+](=O)[O-])c1[N+](=O)[O-].O=C(OCl)c1ccccc1. The Balaban J connectivity index is 0.000000271. The van der Waals surface area contributed by atoms with Gasteiger partial charge in [0, 0.05) is 6.07 Å². The van der Waals surface area contributed by atoms with Gasteiger partial charge in [0.1, 0.15) is 17.4 Å². The molecule has 2 aromatic rings. The smallest absolute Gasteiger partial charge is 0.360 e. The fourth-order valence-electron chi connectivity index (χ4n) is 1.66. The summed E-state index contributed by atoms with van der Waals surface area (Å²) >= 11 is 4.84. The van der Waals surface area contributed by atoms with Crippen LogP contribution in [0.3, 0.4) is 0 Å². The Hall–Kier alpha value is -3.53. The van der Waals surface area contributed by atoms with Gasteiger partial charge < -0.3 is 9.40 Å². The monoisotopic (exact) mass is 368 g/mol. The molecule has 0 spiro atoms. The van der Waals surface area contributed by atoms with E-state index in [2.05, 4.69) is 4.29 Å². The molecule has 2 aromatic carbocycles. The summed E-state index contributed by atoms with van der Waals surface area (Å²) in [5, 5.41) is 29.5. The Morgan fingerprint density at radius 1 is 0.960 bits per heavy atom. The molecule has 0 fully saturated rings. The quantitative estimate of drug-likeness (QED) is 0.638. The van der Waals surface area contributed by atoms with Crippen molar-refractivity contribution < 1.29 is 28.8 Å².